The lowest BCUT2D eigenvalue weighted by Crippen LogP contribution is -2.51. The Morgan fingerprint density at radius 1 is 1.02 bits per heavy atom. The number of hydrogen-bond donors (Lipinski definition) is 4. The summed E-state index contributed by atoms with van der Waals surface area (Å²) in [4.78, 5) is 46.6. The van der Waals surface area contributed by atoms with Crippen molar-refractivity contribution < 1.29 is 14.0 Å². The number of carbonyl (C=O) groups excluding carboxylic acids is 2. The molecule has 1 aliphatic carbocycles. The van der Waals surface area contributed by atoms with E-state index in [1.165, 1.54) is 36.4 Å². The molecule has 47 heavy (non-hydrogen) atoms. The number of anilines is 3. The van der Waals surface area contributed by atoms with Crippen LogP contribution in [0.5, 0.6) is 0 Å². The molecular weight excluding hydrogens is 599 g/mol. The summed E-state index contributed by atoms with van der Waals surface area (Å²) in [6.45, 7) is 4.55. The highest BCUT2D eigenvalue weighted by Crippen LogP contribution is 2.31. The van der Waals surface area contributed by atoms with Gasteiger partial charge in [-0.15, -0.1) is 0 Å². The first-order valence-electron chi connectivity index (χ1n) is 17.1. The van der Waals surface area contributed by atoms with Gasteiger partial charge < -0.3 is 26.3 Å². The van der Waals surface area contributed by atoms with Gasteiger partial charge in [0.05, 0.1) is 17.3 Å². The van der Waals surface area contributed by atoms with Crippen molar-refractivity contribution in [3.8, 4) is 11.4 Å². The quantitative estimate of drug-likeness (QED) is 0.267. The van der Waals surface area contributed by atoms with Gasteiger partial charge in [-0.1, -0.05) is 25.3 Å². The van der Waals surface area contributed by atoms with Gasteiger partial charge in [-0.3, -0.25) is 9.59 Å². The first kappa shape index (κ1) is 32.8. The fraction of sp³-hybridized carbons (Fsp3) is 0.559. The average Bonchev–Trinajstić information content (AvgIpc) is 3.60. The molecule has 5 N–H and O–H groups in total. The third-order valence-corrected chi connectivity index (χ3v) is 9.93. The molecule has 2 aliphatic heterocycles. The largest absolute Gasteiger partial charge is 0.357 e. The van der Waals surface area contributed by atoms with Gasteiger partial charge in [0.2, 0.25) is 11.9 Å². The molecule has 1 aromatic carbocycles. The van der Waals surface area contributed by atoms with Crippen LogP contribution in [0.3, 0.4) is 0 Å². The van der Waals surface area contributed by atoms with E-state index in [0.29, 0.717) is 60.9 Å². The van der Waals surface area contributed by atoms with E-state index in [-0.39, 0.29) is 29.7 Å². The lowest BCUT2D eigenvalue weighted by molar-refractivity contribution is -0.126. The highest BCUT2D eigenvalue weighted by Gasteiger charge is 2.33. The van der Waals surface area contributed by atoms with E-state index in [2.05, 4.69) is 37.4 Å². The summed E-state index contributed by atoms with van der Waals surface area (Å²) in [7, 11) is 1.76. The van der Waals surface area contributed by atoms with Crippen molar-refractivity contribution >= 4 is 29.3 Å². The Morgan fingerprint density at radius 3 is 2.53 bits per heavy atom. The number of benzene rings is 1. The molecule has 3 aromatic rings. The molecule has 4 heterocycles. The number of rotatable bonds is 9. The Bertz CT molecular complexity index is 1530. The molecule has 3 aliphatic rings. The normalized spacial score (nSPS) is 21.4. The SMILES string of the molecule is CNc1nc(-c2c[nH]c(C(=O)N(c3cccc(F)c3)N3CCC(CN)CC3)n2)cc(N2C[C@@H](C(=O)NC3CCCCC3)CC[C@H]2C)n1. The van der Waals surface area contributed by atoms with Gasteiger partial charge in [0.25, 0.3) is 0 Å². The Balaban J connectivity index is 1.23. The van der Waals surface area contributed by atoms with Crippen LogP contribution in [0, 0.1) is 17.7 Å². The number of amides is 2. The predicted octanol–water partition coefficient (Wildman–Crippen LogP) is 4.33. The molecule has 2 atom stereocenters. The summed E-state index contributed by atoms with van der Waals surface area (Å²) in [5, 5.41) is 9.81. The van der Waals surface area contributed by atoms with E-state index < -0.39 is 11.7 Å². The molecular formula is C34H47FN10O2. The second-order valence-electron chi connectivity index (χ2n) is 13.2. The number of aromatic amines is 1. The lowest BCUT2D eigenvalue weighted by atomic mass is 9.91. The molecule has 0 radical (unpaired) electrons. The zero-order valence-corrected chi connectivity index (χ0v) is 27.4. The molecule has 2 aromatic heterocycles. The number of hydrazine groups is 1. The monoisotopic (exact) mass is 646 g/mol. The van der Waals surface area contributed by atoms with Gasteiger partial charge >= 0.3 is 5.91 Å². The molecule has 1 saturated carbocycles. The number of nitrogens with one attached hydrogen (secondary N) is 3. The Kier molecular flexibility index (Phi) is 10.3. The first-order valence-corrected chi connectivity index (χ1v) is 17.1. The van der Waals surface area contributed by atoms with Crippen molar-refractivity contribution in [1.29, 1.82) is 0 Å². The van der Waals surface area contributed by atoms with Crippen molar-refractivity contribution in [2.45, 2.75) is 76.8 Å². The minimum atomic E-state index is -0.425. The molecule has 0 spiro atoms. The third kappa shape index (κ3) is 7.57. The van der Waals surface area contributed by atoms with Gasteiger partial charge in [0, 0.05) is 51.0 Å². The van der Waals surface area contributed by atoms with E-state index in [1.54, 1.807) is 25.4 Å². The van der Waals surface area contributed by atoms with Crippen LogP contribution in [0.4, 0.5) is 21.8 Å². The van der Waals surface area contributed by atoms with Crippen LogP contribution >= 0.6 is 0 Å². The number of H-pyrrole nitrogens is 1. The highest BCUT2D eigenvalue weighted by atomic mass is 19.1. The number of carbonyl (C=O) groups is 2. The number of nitrogens with zero attached hydrogens (tertiary/aromatic N) is 6. The Labute approximate surface area is 275 Å². The van der Waals surface area contributed by atoms with Gasteiger partial charge in [-0.25, -0.2) is 24.4 Å². The number of nitrogens with two attached hydrogens (primary N) is 1. The number of piperidine rings is 2. The van der Waals surface area contributed by atoms with Crippen LogP contribution in [-0.2, 0) is 4.79 Å². The minimum Gasteiger partial charge on any atom is -0.357 e. The summed E-state index contributed by atoms with van der Waals surface area (Å²) in [6, 6.07) is 8.35. The van der Waals surface area contributed by atoms with Crippen molar-refractivity contribution in [1.82, 2.24) is 30.3 Å². The van der Waals surface area contributed by atoms with Crippen molar-refractivity contribution in [2.75, 3.05) is 48.5 Å². The van der Waals surface area contributed by atoms with E-state index in [9.17, 15) is 14.0 Å². The minimum absolute atomic E-state index is 0.113. The van der Waals surface area contributed by atoms with Crippen LogP contribution in [-0.4, -0.2) is 82.1 Å². The Morgan fingerprint density at radius 2 is 1.81 bits per heavy atom. The van der Waals surface area contributed by atoms with Crippen LogP contribution in [0.1, 0.15) is 75.3 Å². The maximum absolute atomic E-state index is 14.3. The molecule has 6 rings (SSSR count). The summed E-state index contributed by atoms with van der Waals surface area (Å²) in [5.41, 5.74) is 7.35. The first-order chi connectivity index (χ1) is 22.8. The summed E-state index contributed by atoms with van der Waals surface area (Å²) in [6.07, 6.45) is 10.7. The van der Waals surface area contributed by atoms with Crippen LogP contribution in [0.2, 0.25) is 0 Å². The number of aromatic nitrogens is 4. The molecule has 12 nitrogen and oxygen atoms in total. The standard InChI is InChI=1S/C34H47FN10O2/c1-22-11-12-24(32(46)39-26-8-4-3-5-9-26)21-44(22)30-18-28(41-34(37-2)42-30)29-20-38-31(40-29)33(47)45(27-10-6-7-25(35)17-27)43-15-13-23(19-36)14-16-43/h6-7,10,17-18,20,22-24,26H,3-5,8-9,11-16,19,21,36H2,1-2H3,(H,38,40)(H,39,46)(H,37,41,42)/t22-,24+/m1/s1. The molecule has 3 fully saturated rings. The molecule has 0 bridgehead atoms. The molecule has 2 saturated heterocycles. The Hall–Kier alpha value is -4.10. The zero-order chi connectivity index (χ0) is 32.9. The van der Waals surface area contributed by atoms with E-state index in [0.717, 1.165) is 38.5 Å². The summed E-state index contributed by atoms with van der Waals surface area (Å²) >= 11 is 0. The second kappa shape index (κ2) is 14.8. The van der Waals surface area contributed by atoms with E-state index >= 15 is 0 Å². The van der Waals surface area contributed by atoms with Crippen molar-refractivity contribution in [3.05, 3.63) is 48.2 Å². The summed E-state index contributed by atoms with van der Waals surface area (Å²) in [5.74, 6) is 0.801. The number of halogens is 1. The molecule has 2 amide bonds. The lowest BCUT2D eigenvalue weighted by Gasteiger charge is -2.39. The average molecular weight is 647 g/mol. The second-order valence-corrected chi connectivity index (χ2v) is 13.2. The fourth-order valence-corrected chi connectivity index (χ4v) is 7.07. The van der Waals surface area contributed by atoms with Gasteiger partial charge in [-0.05, 0) is 76.1 Å². The zero-order valence-electron chi connectivity index (χ0n) is 27.4. The van der Waals surface area contributed by atoms with Gasteiger partial charge in [0.1, 0.15) is 17.3 Å². The maximum atomic E-state index is 14.3. The van der Waals surface area contributed by atoms with Crippen molar-refractivity contribution in [3.63, 3.8) is 0 Å². The van der Waals surface area contributed by atoms with Crippen LogP contribution in [0.15, 0.2) is 36.5 Å². The molecule has 13 heteroatoms. The highest BCUT2D eigenvalue weighted by molar-refractivity contribution is 6.03. The number of imidazole rings is 1. The topological polar surface area (TPSA) is 148 Å². The van der Waals surface area contributed by atoms with E-state index in [1.807, 2.05) is 11.1 Å². The van der Waals surface area contributed by atoms with Gasteiger partial charge in [0.15, 0.2) is 5.82 Å². The smallest absolute Gasteiger partial charge is 0.308 e. The molecule has 252 valence electrons. The van der Waals surface area contributed by atoms with E-state index in [4.69, 9.17) is 10.7 Å². The summed E-state index contributed by atoms with van der Waals surface area (Å²) < 4.78 is 14.3. The van der Waals surface area contributed by atoms with Gasteiger partial charge in [-0.2, -0.15) is 4.98 Å². The molecule has 0 unspecified atom stereocenters. The fourth-order valence-electron chi connectivity index (χ4n) is 7.07. The maximum Gasteiger partial charge on any atom is 0.308 e. The van der Waals surface area contributed by atoms with Crippen LogP contribution in [0.25, 0.3) is 11.4 Å². The third-order valence-electron chi connectivity index (χ3n) is 9.93. The predicted molar refractivity (Wildman–Crippen MR) is 180 cm³/mol. The van der Waals surface area contributed by atoms with Crippen LogP contribution < -0.4 is 26.3 Å². The van der Waals surface area contributed by atoms with Crippen molar-refractivity contribution in [2.24, 2.45) is 17.6 Å². The number of hydrogen-bond acceptors (Lipinski definition) is 9.